The molecule has 0 radical (unpaired) electrons. The largest absolute Gasteiger partial charge is 0.497 e. The molecule has 0 saturated heterocycles. The van der Waals surface area contributed by atoms with E-state index < -0.39 is 17.8 Å². The van der Waals surface area contributed by atoms with Crippen molar-refractivity contribution in [3.63, 3.8) is 0 Å². The number of ether oxygens (including phenoxy) is 1. The Morgan fingerprint density at radius 1 is 1.09 bits per heavy atom. The van der Waals surface area contributed by atoms with Crippen LogP contribution in [0.25, 0.3) is 0 Å². The van der Waals surface area contributed by atoms with Crippen molar-refractivity contribution in [2.45, 2.75) is 19.1 Å². The molecule has 0 spiro atoms. The number of benzene rings is 3. The summed E-state index contributed by atoms with van der Waals surface area (Å²) in [6, 6.07) is 19.3. The number of amides is 1. The van der Waals surface area contributed by atoms with Crippen LogP contribution < -0.4 is 4.74 Å². The van der Waals surface area contributed by atoms with E-state index in [4.69, 9.17) is 9.57 Å². The predicted molar refractivity (Wildman–Crippen MR) is 117 cm³/mol. The van der Waals surface area contributed by atoms with Crippen LogP contribution in [0, 0.1) is 11.6 Å². The highest BCUT2D eigenvalue weighted by Crippen LogP contribution is 2.22. The lowest BCUT2D eigenvalue weighted by atomic mass is 10.0. The van der Waals surface area contributed by atoms with Gasteiger partial charge in [0.05, 0.1) is 24.9 Å². The molecule has 0 saturated carbocycles. The molecule has 0 fully saturated rings. The minimum absolute atomic E-state index is 0.0142. The first-order valence-electron chi connectivity index (χ1n) is 10.2. The average molecular weight is 436 g/mol. The van der Waals surface area contributed by atoms with Crippen molar-refractivity contribution >= 4 is 11.6 Å². The average Bonchev–Trinajstić information content (AvgIpc) is 3.27. The molecule has 1 aliphatic rings. The van der Waals surface area contributed by atoms with Crippen molar-refractivity contribution in [1.82, 2.24) is 4.90 Å². The number of oxime groups is 1. The number of halogens is 2. The van der Waals surface area contributed by atoms with Crippen LogP contribution in [0.2, 0.25) is 0 Å². The fourth-order valence-corrected chi connectivity index (χ4v) is 3.63. The highest BCUT2D eigenvalue weighted by atomic mass is 19.1. The number of rotatable bonds is 7. The summed E-state index contributed by atoms with van der Waals surface area (Å²) in [6.45, 7) is 0.423. The van der Waals surface area contributed by atoms with Crippen LogP contribution in [0.4, 0.5) is 8.78 Å². The van der Waals surface area contributed by atoms with Gasteiger partial charge in [0.25, 0.3) is 5.91 Å². The van der Waals surface area contributed by atoms with Gasteiger partial charge < -0.3 is 14.5 Å². The molecule has 1 atom stereocenters. The molecule has 3 aromatic carbocycles. The van der Waals surface area contributed by atoms with E-state index in [-0.39, 0.29) is 24.5 Å². The second-order valence-corrected chi connectivity index (χ2v) is 7.50. The summed E-state index contributed by atoms with van der Waals surface area (Å²) in [5, 5.41) is 4.08. The van der Waals surface area contributed by atoms with Gasteiger partial charge in [0.1, 0.15) is 17.4 Å². The molecule has 1 aliphatic heterocycles. The molecule has 1 heterocycles. The van der Waals surface area contributed by atoms with Gasteiger partial charge in [-0.25, -0.2) is 8.78 Å². The molecule has 0 aliphatic carbocycles. The highest BCUT2D eigenvalue weighted by Gasteiger charge is 2.28. The summed E-state index contributed by atoms with van der Waals surface area (Å²) in [7, 11) is 1.57. The summed E-state index contributed by atoms with van der Waals surface area (Å²) in [5.74, 6) is -0.733. The van der Waals surface area contributed by atoms with E-state index in [2.05, 4.69) is 5.16 Å². The first kappa shape index (κ1) is 21.5. The quantitative estimate of drug-likeness (QED) is 0.534. The van der Waals surface area contributed by atoms with Crippen molar-refractivity contribution in [3.8, 4) is 5.75 Å². The van der Waals surface area contributed by atoms with Gasteiger partial charge in [-0.05, 0) is 42.0 Å². The van der Waals surface area contributed by atoms with Gasteiger partial charge in [0, 0.05) is 18.5 Å². The fraction of sp³-hybridized carbons (Fsp3) is 0.200. The Bertz CT molecular complexity index is 1150. The SMILES string of the molecule is COc1cccc(CN(C[C@H]2CC(c3cccc(F)c3)=NO2)C(=O)c2ccccc2F)c1. The molecule has 0 N–H and O–H groups in total. The van der Waals surface area contributed by atoms with Crippen molar-refractivity contribution < 1.29 is 23.1 Å². The molecule has 0 aromatic heterocycles. The third-order valence-corrected chi connectivity index (χ3v) is 5.21. The first-order chi connectivity index (χ1) is 15.5. The van der Waals surface area contributed by atoms with Crippen LogP contribution in [-0.2, 0) is 11.4 Å². The van der Waals surface area contributed by atoms with Crippen LogP contribution in [-0.4, -0.2) is 36.3 Å². The fourth-order valence-electron chi connectivity index (χ4n) is 3.63. The summed E-state index contributed by atoms with van der Waals surface area (Å²) in [6.07, 6.45) is -0.0302. The van der Waals surface area contributed by atoms with Gasteiger partial charge in [-0.15, -0.1) is 0 Å². The molecule has 5 nitrogen and oxygen atoms in total. The number of nitrogens with zero attached hydrogens (tertiary/aromatic N) is 2. The maximum absolute atomic E-state index is 14.3. The zero-order chi connectivity index (χ0) is 22.5. The number of methoxy groups -OCH3 is 1. The third kappa shape index (κ3) is 4.94. The maximum atomic E-state index is 14.3. The lowest BCUT2D eigenvalue weighted by molar-refractivity contribution is 0.0402. The Balaban J connectivity index is 1.54. The van der Waals surface area contributed by atoms with E-state index >= 15 is 0 Å². The summed E-state index contributed by atoms with van der Waals surface area (Å²) in [5.41, 5.74) is 2.06. The molecule has 1 amide bonds. The van der Waals surface area contributed by atoms with Crippen LogP contribution in [0.5, 0.6) is 5.75 Å². The number of hydrogen-bond acceptors (Lipinski definition) is 4. The summed E-state index contributed by atoms with van der Waals surface area (Å²) in [4.78, 5) is 20.3. The van der Waals surface area contributed by atoms with Gasteiger partial charge in [-0.1, -0.05) is 41.6 Å². The minimum Gasteiger partial charge on any atom is -0.497 e. The van der Waals surface area contributed by atoms with Crippen molar-refractivity contribution in [1.29, 1.82) is 0 Å². The lowest BCUT2D eigenvalue weighted by Gasteiger charge is -2.25. The van der Waals surface area contributed by atoms with E-state index in [1.807, 2.05) is 24.3 Å². The molecule has 32 heavy (non-hydrogen) atoms. The highest BCUT2D eigenvalue weighted by molar-refractivity contribution is 6.01. The van der Waals surface area contributed by atoms with E-state index in [0.717, 1.165) is 5.56 Å². The predicted octanol–water partition coefficient (Wildman–Crippen LogP) is 4.81. The van der Waals surface area contributed by atoms with E-state index in [1.165, 1.54) is 35.2 Å². The third-order valence-electron chi connectivity index (χ3n) is 5.21. The zero-order valence-electron chi connectivity index (χ0n) is 17.5. The molecule has 4 rings (SSSR count). The molecular weight excluding hydrogens is 414 g/mol. The zero-order valence-corrected chi connectivity index (χ0v) is 17.5. The number of hydrogen-bond donors (Lipinski definition) is 0. The van der Waals surface area contributed by atoms with E-state index in [1.54, 1.807) is 25.3 Å². The Morgan fingerprint density at radius 3 is 2.69 bits per heavy atom. The van der Waals surface area contributed by atoms with Crippen molar-refractivity contribution in [2.75, 3.05) is 13.7 Å². The smallest absolute Gasteiger partial charge is 0.257 e. The maximum Gasteiger partial charge on any atom is 0.257 e. The van der Waals surface area contributed by atoms with Gasteiger partial charge >= 0.3 is 0 Å². The van der Waals surface area contributed by atoms with Crippen molar-refractivity contribution in [2.24, 2.45) is 5.16 Å². The van der Waals surface area contributed by atoms with Crippen LogP contribution in [0.15, 0.2) is 78.0 Å². The molecule has 7 heteroatoms. The van der Waals surface area contributed by atoms with Gasteiger partial charge in [0.15, 0.2) is 6.10 Å². The Labute approximate surface area is 184 Å². The Morgan fingerprint density at radius 2 is 1.91 bits per heavy atom. The van der Waals surface area contributed by atoms with E-state index in [0.29, 0.717) is 23.4 Å². The second-order valence-electron chi connectivity index (χ2n) is 7.50. The monoisotopic (exact) mass is 436 g/mol. The molecule has 0 bridgehead atoms. The number of carbonyl (C=O) groups is 1. The molecule has 0 unspecified atom stereocenters. The van der Waals surface area contributed by atoms with Crippen LogP contribution in [0.3, 0.4) is 0 Å². The molecule has 3 aromatic rings. The molecule has 164 valence electrons. The van der Waals surface area contributed by atoms with Gasteiger partial charge in [0.2, 0.25) is 0 Å². The summed E-state index contributed by atoms with van der Waals surface area (Å²) < 4.78 is 33.2. The van der Waals surface area contributed by atoms with Crippen LogP contribution in [0.1, 0.15) is 27.9 Å². The van der Waals surface area contributed by atoms with Gasteiger partial charge in [-0.2, -0.15) is 0 Å². The summed E-state index contributed by atoms with van der Waals surface area (Å²) >= 11 is 0. The lowest BCUT2D eigenvalue weighted by Crippen LogP contribution is -2.37. The number of carbonyl (C=O) groups excluding carboxylic acids is 1. The van der Waals surface area contributed by atoms with Gasteiger partial charge in [-0.3, -0.25) is 4.79 Å². The minimum atomic E-state index is -0.586. The Hall–Kier alpha value is -3.74. The standard InChI is InChI=1S/C25H22F2N2O3/c1-31-20-9-4-6-17(12-20)15-29(25(30)22-10-2-3-11-23(22)27)16-21-14-24(28-32-21)18-7-5-8-19(26)13-18/h2-13,21H,14-16H2,1H3/t21-/m1/s1. The first-order valence-corrected chi connectivity index (χ1v) is 10.2. The van der Waals surface area contributed by atoms with Crippen molar-refractivity contribution in [3.05, 3.63) is 101 Å². The second kappa shape index (κ2) is 9.60. The topological polar surface area (TPSA) is 51.1 Å². The Kier molecular flexibility index (Phi) is 6.44. The molecular formula is C25H22F2N2O3. The van der Waals surface area contributed by atoms with E-state index in [9.17, 15) is 13.6 Å². The normalized spacial score (nSPS) is 15.1. The van der Waals surface area contributed by atoms with Crippen LogP contribution >= 0.6 is 0 Å².